The second-order valence-electron chi connectivity index (χ2n) is 4.75. The summed E-state index contributed by atoms with van der Waals surface area (Å²) in [4.78, 5) is 22.1. The Bertz CT molecular complexity index is 720. The first kappa shape index (κ1) is 16.8. The van der Waals surface area contributed by atoms with Crippen molar-refractivity contribution in [1.29, 1.82) is 0 Å². The van der Waals surface area contributed by atoms with Crippen molar-refractivity contribution in [3.8, 4) is 5.75 Å². The van der Waals surface area contributed by atoms with Crippen LogP contribution in [0.3, 0.4) is 0 Å². The number of hydrogen-bond acceptors (Lipinski definition) is 3. The molecule has 0 bridgehead atoms. The molecule has 0 unspecified atom stereocenters. The lowest BCUT2D eigenvalue weighted by molar-refractivity contribution is -0.124. The number of carbonyl (C=O) groups excluding carboxylic acids is 2. The highest BCUT2D eigenvalue weighted by atomic mass is 35.5. The van der Waals surface area contributed by atoms with Crippen LogP contribution in [-0.4, -0.2) is 11.8 Å². The number of nitrogens with one attached hydrogen (secondary N) is 1. The number of benzene rings is 2. The van der Waals surface area contributed by atoms with Gasteiger partial charge in [0.05, 0.1) is 5.02 Å². The Labute approximate surface area is 137 Å². The molecule has 0 spiro atoms. The fraction of sp³-hybridized carbons (Fsp3) is 0.125. The zero-order valence-corrected chi connectivity index (χ0v) is 12.8. The molecule has 7 heteroatoms. The molecule has 0 fully saturated rings. The van der Waals surface area contributed by atoms with E-state index in [9.17, 15) is 14.0 Å². The second-order valence-corrected chi connectivity index (χ2v) is 5.16. The van der Waals surface area contributed by atoms with Crippen LogP contribution >= 0.6 is 11.6 Å². The molecule has 0 heterocycles. The van der Waals surface area contributed by atoms with E-state index in [4.69, 9.17) is 22.1 Å². The molecule has 2 aromatic rings. The molecule has 0 aliphatic heterocycles. The van der Waals surface area contributed by atoms with E-state index in [1.165, 1.54) is 18.2 Å². The maximum Gasteiger partial charge on any atom is 0.233 e. The van der Waals surface area contributed by atoms with Crippen molar-refractivity contribution < 1.29 is 18.7 Å². The molecule has 0 aliphatic carbocycles. The predicted molar refractivity (Wildman–Crippen MR) is 84.6 cm³/mol. The zero-order valence-electron chi connectivity index (χ0n) is 12.0. The second kappa shape index (κ2) is 7.60. The summed E-state index contributed by atoms with van der Waals surface area (Å²) >= 11 is 6.08. The number of halogens is 2. The molecule has 0 aliphatic rings. The third kappa shape index (κ3) is 5.27. The van der Waals surface area contributed by atoms with Gasteiger partial charge in [-0.3, -0.25) is 9.59 Å². The van der Waals surface area contributed by atoms with Crippen molar-refractivity contribution in [3.05, 3.63) is 58.9 Å². The van der Waals surface area contributed by atoms with E-state index in [1.54, 1.807) is 24.3 Å². The summed E-state index contributed by atoms with van der Waals surface area (Å²) in [5.74, 6) is -1.13. The standard InChI is InChI=1S/C16H14ClFN2O3/c17-13-7-12(20-16(22)8-15(19)21)5-6-14(13)23-9-10-1-3-11(18)4-2-10/h1-7H,8-9H2,(H2,19,21)(H,20,22). The molecule has 0 radical (unpaired) electrons. The summed E-state index contributed by atoms with van der Waals surface area (Å²) < 4.78 is 18.4. The number of primary amides is 1. The van der Waals surface area contributed by atoms with Crippen LogP contribution in [0, 0.1) is 5.82 Å². The fourth-order valence-electron chi connectivity index (χ4n) is 1.80. The number of ether oxygens (including phenoxy) is 1. The third-order valence-corrected chi connectivity index (χ3v) is 3.15. The number of rotatable bonds is 6. The lowest BCUT2D eigenvalue weighted by atomic mass is 10.2. The highest BCUT2D eigenvalue weighted by Crippen LogP contribution is 2.28. The molecule has 2 amide bonds. The maximum atomic E-state index is 12.8. The monoisotopic (exact) mass is 336 g/mol. The lowest BCUT2D eigenvalue weighted by Crippen LogP contribution is -2.21. The van der Waals surface area contributed by atoms with E-state index in [2.05, 4.69) is 5.32 Å². The number of amides is 2. The average Bonchev–Trinajstić information content (AvgIpc) is 2.47. The van der Waals surface area contributed by atoms with E-state index in [-0.39, 0.29) is 12.4 Å². The van der Waals surface area contributed by atoms with E-state index >= 15 is 0 Å². The number of carbonyl (C=O) groups is 2. The van der Waals surface area contributed by atoms with Gasteiger partial charge in [0.2, 0.25) is 11.8 Å². The Kier molecular flexibility index (Phi) is 5.54. The Morgan fingerprint density at radius 3 is 2.48 bits per heavy atom. The molecule has 0 saturated heterocycles. The van der Waals surface area contributed by atoms with Crippen molar-refractivity contribution in [2.24, 2.45) is 5.73 Å². The van der Waals surface area contributed by atoms with Gasteiger partial charge in [0.25, 0.3) is 0 Å². The van der Waals surface area contributed by atoms with Crippen molar-refractivity contribution in [2.75, 3.05) is 5.32 Å². The van der Waals surface area contributed by atoms with Crippen molar-refractivity contribution in [3.63, 3.8) is 0 Å². The quantitative estimate of drug-likeness (QED) is 0.796. The molecule has 0 atom stereocenters. The average molecular weight is 337 g/mol. The molecule has 23 heavy (non-hydrogen) atoms. The van der Waals surface area contributed by atoms with Crippen molar-refractivity contribution in [1.82, 2.24) is 0 Å². The van der Waals surface area contributed by atoms with Gasteiger partial charge in [0.15, 0.2) is 0 Å². The Morgan fingerprint density at radius 1 is 1.17 bits per heavy atom. The Hall–Kier alpha value is -2.60. The summed E-state index contributed by atoms with van der Waals surface area (Å²) in [7, 11) is 0. The van der Waals surface area contributed by atoms with E-state index in [0.717, 1.165) is 5.56 Å². The van der Waals surface area contributed by atoms with Gasteiger partial charge in [-0.05, 0) is 35.9 Å². The third-order valence-electron chi connectivity index (χ3n) is 2.86. The van der Waals surface area contributed by atoms with Gasteiger partial charge >= 0.3 is 0 Å². The van der Waals surface area contributed by atoms with Gasteiger partial charge < -0.3 is 15.8 Å². The van der Waals surface area contributed by atoms with Gasteiger partial charge in [-0.1, -0.05) is 23.7 Å². The summed E-state index contributed by atoms with van der Waals surface area (Å²) in [5, 5.41) is 2.80. The molecular weight excluding hydrogens is 323 g/mol. The predicted octanol–water partition coefficient (Wildman–Crippen LogP) is 2.87. The van der Waals surface area contributed by atoms with Crippen LogP contribution in [0.2, 0.25) is 5.02 Å². The van der Waals surface area contributed by atoms with Crippen LogP contribution in [0.15, 0.2) is 42.5 Å². The SMILES string of the molecule is NC(=O)CC(=O)Nc1ccc(OCc2ccc(F)cc2)c(Cl)c1. The largest absolute Gasteiger partial charge is 0.487 e. The molecule has 0 saturated carbocycles. The van der Waals surface area contributed by atoms with Gasteiger partial charge in [-0.15, -0.1) is 0 Å². The minimum Gasteiger partial charge on any atom is -0.487 e. The first-order chi connectivity index (χ1) is 10.9. The number of anilines is 1. The van der Waals surface area contributed by atoms with Crippen LogP contribution in [-0.2, 0) is 16.2 Å². The number of nitrogens with two attached hydrogens (primary N) is 1. The molecular formula is C16H14ClFN2O3. The zero-order chi connectivity index (χ0) is 16.8. The minimum absolute atomic E-state index is 0.230. The van der Waals surface area contributed by atoms with E-state index in [0.29, 0.717) is 16.5 Å². The normalized spacial score (nSPS) is 10.2. The van der Waals surface area contributed by atoms with Gasteiger partial charge in [0, 0.05) is 5.69 Å². The van der Waals surface area contributed by atoms with Crippen LogP contribution in [0.4, 0.5) is 10.1 Å². The van der Waals surface area contributed by atoms with Crippen LogP contribution < -0.4 is 15.8 Å². The van der Waals surface area contributed by atoms with Gasteiger partial charge in [-0.25, -0.2) is 4.39 Å². The highest BCUT2D eigenvalue weighted by Gasteiger charge is 2.09. The first-order valence-corrected chi connectivity index (χ1v) is 7.07. The van der Waals surface area contributed by atoms with Crippen molar-refractivity contribution >= 4 is 29.1 Å². The molecule has 3 N–H and O–H groups in total. The Balaban J connectivity index is 1.97. The minimum atomic E-state index is -0.715. The number of hydrogen-bond donors (Lipinski definition) is 2. The smallest absolute Gasteiger partial charge is 0.233 e. The summed E-state index contributed by atoms with van der Waals surface area (Å²) in [6, 6.07) is 10.6. The molecule has 2 rings (SSSR count). The molecule has 5 nitrogen and oxygen atoms in total. The fourth-order valence-corrected chi connectivity index (χ4v) is 2.04. The molecule has 0 aromatic heterocycles. The van der Waals surface area contributed by atoms with E-state index in [1.807, 2.05) is 0 Å². The summed E-state index contributed by atoms with van der Waals surface area (Å²) in [6.45, 7) is 0.230. The first-order valence-electron chi connectivity index (χ1n) is 6.69. The van der Waals surface area contributed by atoms with Crippen LogP contribution in [0.1, 0.15) is 12.0 Å². The van der Waals surface area contributed by atoms with Crippen molar-refractivity contribution in [2.45, 2.75) is 13.0 Å². The van der Waals surface area contributed by atoms with Gasteiger partial charge in [-0.2, -0.15) is 0 Å². The lowest BCUT2D eigenvalue weighted by Gasteiger charge is -2.10. The van der Waals surface area contributed by atoms with E-state index < -0.39 is 18.2 Å². The molecule has 120 valence electrons. The van der Waals surface area contributed by atoms with Crippen LogP contribution in [0.5, 0.6) is 5.75 Å². The summed E-state index contributed by atoms with van der Waals surface area (Å²) in [6.07, 6.45) is -0.402. The van der Waals surface area contributed by atoms with Crippen LogP contribution in [0.25, 0.3) is 0 Å². The summed E-state index contributed by atoms with van der Waals surface area (Å²) in [5.41, 5.74) is 6.16. The van der Waals surface area contributed by atoms with Gasteiger partial charge in [0.1, 0.15) is 24.6 Å². The molecule has 2 aromatic carbocycles. The maximum absolute atomic E-state index is 12.8. The topological polar surface area (TPSA) is 81.4 Å². The highest BCUT2D eigenvalue weighted by molar-refractivity contribution is 6.32. The Morgan fingerprint density at radius 2 is 1.87 bits per heavy atom.